The van der Waals surface area contributed by atoms with Crippen molar-refractivity contribution in [3.63, 3.8) is 0 Å². The number of imidazole rings is 1. The molecule has 1 aliphatic rings. The van der Waals surface area contributed by atoms with E-state index < -0.39 is 0 Å². The van der Waals surface area contributed by atoms with E-state index in [2.05, 4.69) is 16.5 Å². The van der Waals surface area contributed by atoms with Crippen LogP contribution in [0.5, 0.6) is 0 Å². The Morgan fingerprint density at radius 3 is 2.70 bits per heavy atom. The number of cyclic esters (lactones) is 1. The molecule has 3 heterocycles. The molecule has 4 aromatic rings. The fourth-order valence-corrected chi connectivity index (χ4v) is 4.39. The van der Waals surface area contributed by atoms with Crippen molar-refractivity contribution in [3.05, 3.63) is 48.5 Å². The highest BCUT2D eigenvalue weighted by Gasteiger charge is 2.21. The summed E-state index contributed by atoms with van der Waals surface area (Å²) in [5, 5.41) is 1.99. The number of benzene rings is 2. The third-order valence-electron chi connectivity index (χ3n) is 4.76. The number of ether oxygens (including phenoxy) is 1. The first-order valence-corrected chi connectivity index (χ1v) is 10.0. The second-order valence-electron chi connectivity index (χ2n) is 6.47. The summed E-state index contributed by atoms with van der Waals surface area (Å²) in [7, 11) is 0. The molecule has 0 bridgehead atoms. The molecule has 1 amide bonds. The van der Waals surface area contributed by atoms with Crippen LogP contribution in [-0.2, 0) is 4.74 Å². The number of carbonyl (C=O) groups excluding carboxylic acids is 1. The van der Waals surface area contributed by atoms with Gasteiger partial charge in [0.25, 0.3) is 0 Å². The number of rotatable bonds is 5. The van der Waals surface area contributed by atoms with Crippen LogP contribution in [0.4, 0.5) is 4.79 Å². The Hall–Kier alpha value is -2.80. The van der Waals surface area contributed by atoms with Gasteiger partial charge in [-0.05, 0) is 30.7 Å². The predicted octanol–water partition coefficient (Wildman–Crippen LogP) is 3.97. The summed E-state index contributed by atoms with van der Waals surface area (Å²) in [6, 6.07) is 16.3. The second kappa shape index (κ2) is 6.74. The van der Waals surface area contributed by atoms with E-state index in [1.165, 1.54) is 0 Å². The zero-order valence-corrected chi connectivity index (χ0v) is 15.5. The van der Waals surface area contributed by atoms with Gasteiger partial charge in [0.1, 0.15) is 12.3 Å². The Labute approximate surface area is 160 Å². The molecule has 0 aliphatic carbocycles. The first kappa shape index (κ1) is 16.4. The smallest absolute Gasteiger partial charge is 0.409 e. The number of hydrogen-bond acceptors (Lipinski definition) is 5. The third kappa shape index (κ3) is 2.88. The van der Waals surface area contributed by atoms with Crippen molar-refractivity contribution in [1.82, 2.24) is 19.3 Å². The lowest BCUT2D eigenvalue weighted by atomic mass is 10.2. The monoisotopic (exact) mass is 378 g/mol. The Kier molecular flexibility index (Phi) is 4.09. The topological polar surface area (TPSA) is 59.7 Å². The van der Waals surface area contributed by atoms with Gasteiger partial charge >= 0.3 is 6.09 Å². The van der Waals surface area contributed by atoms with Crippen molar-refractivity contribution in [1.29, 1.82) is 0 Å². The number of amides is 1. The molecule has 7 heteroatoms. The van der Waals surface area contributed by atoms with Crippen LogP contribution in [0.1, 0.15) is 6.42 Å². The van der Waals surface area contributed by atoms with E-state index in [0.29, 0.717) is 19.7 Å². The quantitative estimate of drug-likeness (QED) is 0.299. The van der Waals surface area contributed by atoms with E-state index >= 15 is 0 Å². The highest BCUT2D eigenvalue weighted by Crippen LogP contribution is 2.29. The lowest BCUT2D eigenvalue weighted by Crippen LogP contribution is -2.25. The van der Waals surface area contributed by atoms with Crippen LogP contribution in [0, 0.1) is 0 Å². The molecule has 0 spiro atoms. The van der Waals surface area contributed by atoms with Crippen LogP contribution in [0.3, 0.4) is 0 Å². The highest BCUT2D eigenvalue weighted by molar-refractivity contribution is 7.99. The fourth-order valence-electron chi connectivity index (χ4n) is 3.46. The standard InChI is InChI=1S/C20H18N4O2S/c25-20-23(11-12-26-20)10-5-13-27-19-22-15-7-2-1-6-14(15)18-21-16-8-3-4-9-17(16)24(18)19/h1-4,6-9H,5,10-13H2. The average Bonchev–Trinajstić information content (AvgIpc) is 3.29. The maximum atomic E-state index is 11.5. The predicted molar refractivity (Wildman–Crippen MR) is 106 cm³/mol. The van der Waals surface area contributed by atoms with Gasteiger partial charge < -0.3 is 9.64 Å². The molecule has 0 unspecified atom stereocenters. The Balaban J connectivity index is 1.49. The molecule has 2 aromatic heterocycles. The minimum absolute atomic E-state index is 0.202. The number of para-hydroxylation sites is 3. The number of hydrogen-bond donors (Lipinski definition) is 0. The molecule has 5 rings (SSSR count). The Morgan fingerprint density at radius 2 is 1.85 bits per heavy atom. The van der Waals surface area contributed by atoms with Gasteiger partial charge in [-0.25, -0.2) is 14.8 Å². The molecule has 0 atom stereocenters. The fraction of sp³-hybridized carbons (Fsp3) is 0.250. The molecule has 6 nitrogen and oxygen atoms in total. The summed E-state index contributed by atoms with van der Waals surface area (Å²) in [4.78, 5) is 23.0. The molecule has 1 saturated heterocycles. The van der Waals surface area contributed by atoms with Gasteiger partial charge in [-0.15, -0.1) is 0 Å². The summed E-state index contributed by atoms with van der Waals surface area (Å²) < 4.78 is 7.13. The SMILES string of the molecule is O=C1OCCN1CCCSc1nc2ccccc2c2nc3ccccc3n12. The highest BCUT2D eigenvalue weighted by atomic mass is 32.2. The van der Waals surface area contributed by atoms with Crippen LogP contribution in [0.25, 0.3) is 27.6 Å². The van der Waals surface area contributed by atoms with Crippen molar-refractivity contribution >= 4 is 45.4 Å². The van der Waals surface area contributed by atoms with Crippen LogP contribution in [0.15, 0.2) is 53.7 Å². The van der Waals surface area contributed by atoms with Gasteiger partial charge in [-0.3, -0.25) is 4.40 Å². The lowest BCUT2D eigenvalue weighted by Gasteiger charge is -2.12. The summed E-state index contributed by atoms with van der Waals surface area (Å²) in [5.74, 6) is 0.872. The lowest BCUT2D eigenvalue weighted by molar-refractivity contribution is 0.158. The number of thioether (sulfide) groups is 1. The van der Waals surface area contributed by atoms with Gasteiger partial charge in [-0.2, -0.15) is 0 Å². The first-order valence-electron chi connectivity index (χ1n) is 9.02. The van der Waals surface area contributed by atoms with Crippen LogP contribution >= 0.6 is 11.8 Å². The summed E-state index contributed by atoms with van der Waals surface area (Å²) >= 11 is 1.70. The van der Waals surface area contributed by atoms with Crippen LogP contribution in [-0.4, -0.2) is 50.8 Å². The van der Waals surface area contributed by atoms with Crippen molar-refractivity contribution in [3.8, 4) is 0 Å². The van der Waals surface area contributed by atoms with E-state index in [1.807, 2.05) is 36.4 Å². The van der Waals surface area contributed by atoms with E-state index in [-0.39, 0.29) is 6.09 Å². The Morgan fingerprint density at radius 1 is 1.04 bits per heavy atom. The molecule has 27 heavy (non-hydrogen) atoms. The number of carbonyl (C=O) groups is 1. The average molecular weight is 378 g/mol. The second-order valence-corrected chi connectivity index (χ2v) is 7.54. The number of fused-ring (bicyclic) bond motifs is 5. The zero-order chi connectivity index (χ0) is 18.2. The van der Waals surface area contributed by atoms with Gasteiger partial charge in [0.2, 0.25) is 0 Å². The molecule has 0 N–H and O–H groups in total. The molecule has 0 radical (unpaired) electrons. The molecule has 136 valence electrons. The molecule has 0 saturated carbocycles. The number of aromatic nitrogens is 3. The normalized spacial score (nSPS) is 14.5. The zero-order valence-electron chi connectivity index (χ0n) is 14.7. The first-order chi connectivity index (χ1) is 13.3. The molecular weight excluding hydrogens is 360 g/mol. The molecular formula is C20H18N4O2S. The van der Waals surface area contributed by atoms with Crippen molar-refractivity contribution < 1.29 is 9.53 Å². The largest absolute Gasteiger partial charge is 0.448 e. The van der Waals surface area contributed by atoms with Gasteiger partial charge in [0.15, 0.2) is 5.16 Å². The van der Waals surface area contributed by atoms with Gasteiger partial charge in [0.05, 0.1) is 23.1 Å². The third-order valence-corrected chi connectivity index (χ3v) is 5.79. The minimum Gasteiger partial charge on any atom is -0.448 e. The Bertz CT molecular complexity index is 1160. The molecule has 1 fully saturated rings. The maximum absolute atomic E-state index is 11.5. The van der Waals surface area contributed by atoms with Crippen molar-refractivity contribution in [2.45, 2.75) is 11.6 Å². The summed E-state index contributed by atoms with van der Waals surface area (Å²) in [6.07, 6.45) is 0.689. The van der Waals surface area contributed by atoms with E-state index in [4.69, 9.17) is 14.7 Å². The number of nitrogens with zero attached hydrogens (tertiary/aromatic N) is 4. The van der Waals surface area contributed by atoms with E-state index in [9.17, 15) is 4.79 Å². The molecule has 2 aromatic carbocycles. The van der Waals surface area contributed by atoms with Crippen LogP contribution < -0.4 is 0 Å². The summed E-state index contributed by atoms with van der Waals surface area (Å²) in [5.41, 5.74) is 3.92. The minimum atomic E-state index is -0.202. The van der Waals surface area contributed by atoms with E-state index in [1.54, 1.807) is 16.7 Å². The molecule has 1 aliphatic heterocycles. The summed E-state index contributed by atoms with van der Waals surface area (Å²) in [6.45, 7) is 1.90. The maximum Gasteiger partial charge on any atom is 0.409 e. The van der Waals surface area contributed by atoms with Gasteiger partial charge in [0, 0.05) is 17.7 Å². The van der Waals surface area contributed by atoms with Gasteiger partial charge in [-0.1, -0.05) is 36.0 Å². The van der Waals surface area contributed by atoms with Crippen molar-refractivity contribution in [2.24, 2.45) is 0 Å². The van der Waals surface area contributed by atoms with Crippen LogP contribution in [0.2, 0.25) is 0 Å². The van der Waals surface area contributed by atoms with E-state index in [0.717, 1.165) is 44.9 Å². The van der Waals surface area contributed by atoms with Crippen molar-refractivity contribution in [2.75, 3.05) is 25.4 Å².